The van der Waals surface area contributed by atoms with Crippen LogP contribution in [0, 0.1) is 0 Å². The Morgan fingerprint density at radius 1 is 1.03 bits per heavy atom. The van der Waals surface area contributed by atoms with Gasteiger partial charge in [0.25, 0.3) is 5.91 Å². The van der Waals surface area contributed by atoms with E-state index in [9.17, 15) is 14.4 Å². The molecule has 3 aromatic carbocycles. The summed E-state index contributed by atoms with van der Waals surface area (Å²) >= 11 is 11.9. The summed E-state index contributed by atoms with van der Waals surface area (Å²) in [5.74, 6) is -1.10. The Bertz CT molecular complexity index is 1280. The summed E-state index contributed by atoms with van der Waals surface area (Å²) in [6.07, 6.45) is 0.564. The largest absolute Gasteiger partial charge is 0.465 e. The summed E-state index contributed by atoms with van der Waals surface area (Å²) in [4.78, 5) is 41.3. The van der Waals surface area contributed by atoms with Crippen LogP contribution < -0.4 is 10.2 Å². The van der Waals surface area contributed by atoms with E-state index >= 15 is 0 Å². The third kappa shape index (κ3) is 5.72. The number of benzene rings is 3. The van der Waals surface area contributed by atoms with Crippen molar-refractivity contribution in [1.29, 1.82) is 0 Å². The van der Waals surface area contributed by atoms with Gasteiger partial charge >= 0.3 is 5.97 Å². The molecule has 1 atom stereocenters. The fourth-order valence-corrected chi connectivity index (χ4v) is 4.63. The summed E-state index contributed by atoms with van der Waals surface area (Å²) in [6.45, 7) is 0.470. The summed E-state index contributed by atoms with van der Waals surface area (Å²) in [7, 11) is 1.30. The van der Waals surface area contributed by atoms with Crippen LogP contribution in [0.3, 0.4) is 0 Å². The fourth-order valence-electron chi connectivity index (χ4n) is 4.03. The topological polar surface area (TPSA) is 78.9 Å². The van der Waals surface area contributed by atoms with Gasteiger partial charge in [0.1, 0.15) is 6.04 Å². The van der Waals surface area contributed by atoms with Crippen LogP contribution in [-0.2, 0) is 20.7 Å². The number of ether oxygens (including phenoxy) is 1. The molecule has 1 fully saturated rings. The number of amides is 2. The second-order valence-corrected chi connectivity index (χ2v) is 9.00. The second kappa shape index (κ2) is 11.3. The van der Waals surface area contributed by atoms with Gasteiger partial charge in [-0.25, -0.2) is 4.79 Å². The number of rotatable bonds is 8. The Kier molecular flexibility index (Phi) is 7.97. The van der Waals surface area contributed by atoms with Crippen LogP contribution in [-0.4, -0.2) is 47.5 Å². The Morgan fingerprint density at radius 2 is 1.75 bits per heavy atom. The smallest absolute Gasteiger partial charge is 0.337 e. The van der Waals surface area contributed by atoms with E-state index in [0.29, 0.717) is 40.0 Å². The molecule has 0 saturated carbocycles. The van der Waals surface area contributed by atoms with Crippen LogP contribution in [0.2, 0.25) is 5.02 Å². The highest BCUT2D eigenvalue weighted by atomic mass is 35.5. The predicted octanol–water partition coefficient (Wildman–Crippen LogP) is 4.70. The lowest BCUT2D eigenvalue weighted by molar-refractivity contribution is -0.124. The summed E-state index contributed by atoms with van der Waals surface area (Å²) in [5, 5.41) is 3.61. The minimum Gasteiger partial charge on any atom is -0.465 e. The van der Waals surface area contributed by atoms with E-state index in [1.54, 1.807) is 53.4 Å². The van der Waals surface area contributed by atoms with Gasteiger partial charge in [0.05, 0.1) is 24.8 Å². The molecule has 36 heavy (non-hydrogen) atoms. The molecule has 1 aliphatic heterocycles. The molecular weight excluding hydrogens is 498 g/mol. The van der Waals surface area contributed by atoms with Gasteiger partial charge in [0.15, 0.2) is 5.11 Å². The standard InChI is InChI=1S/C27H24ClN3O4S/c1-35-26(34)19-10-12-21(13-11-19)29-24(32)17-23-25(33)31(22-9-5-8-20(28)16-22)27(36)30(23)15-14-18-6-3-2-4-7-18/h2-13,16,23H,14-15,17H2,1H3,(H,29,32)/t23-/m1/s1. The Morgan fingerprint density at radius 3 is 2.42 bits per heavy atom. The van der Waals surface area contributed by atoms with E-state index in [4.69, 9.17) is 28.6 Å². The molecule has 3 aromatic rings. The Labute approximate surface area is 219 Å². The highest BCUT2D eigenvalue weighted by Gasteiger charge is 2.44. The first-order valence-electron chi connectivity index (χ1n) is 11.3. The van der Waals surface area contributed by atoms with Crippen molar-refractivity contribution in [1.82, 2.24) is 4.90 Å². The van der Waals surface area contributed by atoms with Crippen molar-refractivity contribution in [3.63, 3.8) is 0 Å². The van der Waals surface area contributed by atoms with Crippen LogP contribution in [0.4, 0.5) is 11.4 Å². The number of halogens is 1. The third-order valence-corrected chi connectivity index (χ3v) is 6.49. The first kappa shape index (κ1) is 25.3. The van der Waals surface area contributed by atoms with Crippen LogP contribution in [0.1, 0.15) is 22.3 Å². The minimum atomic E-state index is -0.769. The molecule has 0 spiro atoms. The number of esters is 1. The maximum absolute atomic E-state index is 13.5. The molecule has 1 N–H and O–H groups in total. The fraction of sp³-hybridized carbons (Fsp3) is 0.185. The maximum Gasteiger partial charge on any atom is 0.337 e. The van der Waals surface area contributed by atoms with Gasteiger partial charge in [-0.15, -0.1) is 0 Å². The highest BCUT2D eigenvalue weighted by molar-refractivity contribution is 7.80. The van der Waals surface area contributed by atoms with Gasteiger partial charge in [-0.05, 0) is 66.7 Å². The van der Waals surface area contributed by atoms with Crippen molar-refractivity contribution in [3.8, 4) is 0 Å². The molecule has 0 unspecified atom stereocenters. The number of nitrogens with zero attached hydrogens (tertiary/aromatic N) is 2. The van der Waals surface area contributed by atoms with Crippen molar-refractivity contribution < 1.29 is 19.1 Å². The van der Waals surface area contributed by atoms with E-state index in [1.165, 1.54) is 12.0 Å². The molecule has 184 valence electrons. The molecular formula is C27H24ClN3O4S. The highest BCUT2D eigenvalue weighted by Crippen LogP contribution is 2.29. The van der Waals surface area contributed by atoms with Crippen LogP contribution >= 0.6 is 23.8 Å². The van der Waals surface area contributed by atoms with Gasteiger partial charge < -0.3 is 15.0 Å². The number of hydrogen-bond acceptors (Lipinski definition) is 5. The van der Waals surface area contributed by atoms with E-state index in [-0.39, 0.29) is 18.2 Å². The quantitative estimate of drug-likeness (QED) is 0.342. The zero-order chi connectivity index (χ0) is 25.7. The second-order valence-electron chi connectivity index (χ2n) is 8.20. The van der Waals surface area contributed by atoms with Crippen LogP contribution in [0.15, 0.2) is 78.9 Å². The number of methoxy groups -OCH3 is 1. The van der Waals surface area contributed by atoms with Gasteiger partial charge in [-0.1, -0.05) is 48.0 Å². The van der Waals surface area contributed by atoms with E-state index in [1.807, 2.05) is 30.3 Å². The minimum absolute atomic E-state index is 0.0937. The molecule has 1 saturated heterocycles. The molecule has 1 aliphatic rings. The number of thiocarbonyl (C=S) groups is 1. The number of carbonyl (C=O) groups is 3. The summed E-state index contributed by atoms with van der Waals surface area (Å²) in [6, 6.07) is 22.3. The maximum atomic E-state index is 13.5. The molecule has 0 radical (unpaired) electrons. The average Bonchev–Trinajstić information content (AvgIpc) is 3.11. The Balaban J connectivity index is 1.53. The zero-order valence-electron chi connectivity index (χ0n) is 19.5. The van der Waals surface area contributed by atoms with Crippen molar-refractivity contribution in [3.05, 3.63) is 95.0 Å². The lowest BCUT2D eigenvalue weighted by Crippen LogP contribution is -2.39. The van der Waals surface area contributed by atoms with Gasteiger partial charge in [-0.3, -0.25) is 14.5 Å². The van der Waals surface area contributed by atoms with Gasteiger partial charge in [0.2, 0.25) is 5.91 Å². The van der Waals surface area contributed by atoms with E-state index in [2.05, 4.69) is 5.32 Å². The van der Waals surface area contributed by atoms with Gasteiger partial charge in [0, 0.05) is 17.3 Å². The molecule has 4 rings (SSSR count). The molecule has 1 heterocycles. The summed E-state index contributed by atoms with van der Waals surface area (Å²) < 4.78 is 4.69. The van der Waals surface area contributed by atoms with Crippen molar-refractivity contribution >= 4 is 58.1 Å². The van der Waals surface area contributed by atoms with E-state index < -0.39 is 12.0 Å². The molecule has 0 aliphatic carbocycles. The average molecular weight is 522 g/mol. The number of carbonyl (C=O) groups excluding carboxylic acids is 3. The van der Waals surface area contributed by atoms with E-state index in [0.717, 1.165) is 5.56 Å². The lowest BCUT2D eigenvalue weighted by atomic mass is 10.1. The Hall–Kier alpha value is -3.75. The molecule has 2 amide bonds. The molecule has 9 heteroatoms. The van der Waals surface area contributed by atoms with Crippen molar-refractivity contribution in [2.75, 3.05) is 23.9 Å². The molecule has 0 aromatic heterocycles. The van der Waals surface area contributed by atoms with Crippen LogP contribution in [0.25, 0.3) is 0 Å². The molecule has 0 bridgehead atoms. The predicted molar refractivity (Wildman–Crippen MR) is 143 cm³/mol. The zero-order valence-corrected chi connectivity index (χ0v) is 21.1. The molecule has 7 nitrogen and oxygen atoms in total. The van der Waals surface area contributed by atoms with Crippen LogP contribution in [0.5, 0.6) is 0 Å². The monoisotopic (exact) mass is 521 g/mol. The lowest BCUT2D eigenvalue weighted by Gasteiger charge is -2.24. The first-order valence-corrected chi connectivity index (χ1v) is 12.1. The number of hydrogen-bond donors (Lipinski definition) is 1. The number of nitrogens with one attached hydrogen (secondary N) is 1. The van der Waals surface area contributed by atoms with Crippen molar-refractivity contribution in [2.45, 2.75) is 18.9 Å². The third-order valence-electron chi connectivity index (χ3n) is 5.84. The SMILES string of the molecule is COC(=O)c1ccc(NC(=O)C[C@@H]2C(=O)N(c3cccc(Cl)c3)C(=S)N2CCc2ccccc2)cc1. The normalized spacial score (nSPS) is 15.2. The number of anilines is 2. The first-order chi connectivity index (χ1) is 17.4. The summed E-state index contributed by atoms with van der Waals surface area (Å²) in [5.41, 5.74) is 2.53. The van der Waals surface area contributed by atoms with Crippen molar-refractivity contribution in [2.24, 2.45) is 0 Å². The van der Waals surface area contributed by atoms with Gasteiger partial charge in [-0.2, -0.15) is 0 Å².